The maximum atomic E-state index is 11.4. The lowest BCUT2D eigenvalue weighted by molar-refractivity contribution is -0.645. The summed E-state index contributed by atoms with van der Waals surface area (Å²) in [6.07, 6.45) is 3.20. The second-order valence-electron chi connectivity index (χ2n) is 3.64. The van der Waals surface area contributed by atoms with E-state index in [9.17, 15) is 10.0 Å². The van der Waals surface area contributed by atoms with Crippen LogP contribution in [0.3, 0.4) is 0 Å². The zero-order chi connectivity index (χ0) is 12.3. The molecule has 0 atom stereocenters. The van der Waals surface area contributed by atoms with Crippen LogP contribution in [0.5, 0.6) is 0 Å². The molecule has 0 N–H and O–H groups in total. The molecule has 4 nitrogen and oxygen atoms in total. The van der Waals surface area contributed by atoms with Gasteiger partial charge in [-0.2, -0.15) is 4.73 Å². The Kier molecular flexibility index (Phi) is 3.49. The van der Waals surface area contributed by atoms with Crippen molar-refractivity contribution < 1.29 is 4.73 Å². The Labute approximate surface area is 103 Å². The van der Waals surface area contributed by atoms with Crippen LogP contribution in [0.2, 0.25) is 0 Å². The summed E-state index contributed by atoms with van der Waals surface area (Å²) < 4.78 is 2.34. The van der Waals surface area contributed by atoms with E-state index in [1.165, 1.54) is 22.5 Å². The van der Waals surface area contributed by atoms with E-state index in [4.69, 9.17) is 0 Å². The molecule has 88 valence electrons. The Morgan fingerprint density at radius 2 is 2.24 bits per heavy atom. The Bertz CT molecular complexity index is 581. The summed E-state index contributed by atoms with van der Waals surface area (Å²) in [5.41, 5.74) is 0.883. The molecule has 2 heterocycles. The highest BCUT2D eigenvalue weighted by molar-refractivity contribution is 7.98. The number of pyridine rings is 2. The number of nitrogens with zero attached hydrogens (tertiary/aromatic N) is 2. The quantitative estimate of drug-likeness (QED) is 0.467. The third-order valence-electron chi connectivity index (χ3n) is 2.34. The summed E-state index contributed by atoms with van der Waals surface area (Å²) in [6, 6.07) is 8.74. The molecule has 0 aliphatic rings. The molecular weight excluding hydrogens is 236 g/mol. The lowest BCUT2D eigenvalue weighted by atomic mass is 10.3. The third kappa shape index (κ3) is 2.88. The van der Waals surface area contributed by atoms with E-state index in [1.807, 2.05) is 12.1 Å². The summed E-state index contributed by atoms with van der Waals surface area (Å²) in [5, 5.41) is 12.0. The molecule has 2 aromatic heterocycles. The molecule has 0 fully saturated rings. The van der Waals surface area contributed by atoms with Crippen LogP contribution in [0, 0.1) is 5.21 Å². The van der Waals surface area contributed by atoms with E-state index in [1.54, 1.807) is 31.4 Å². The van der Waals surface area contributed by atoms with E-state index in [0.717, 1.165) is 10.3 Å². The summed E-state index contributed by atoms with van der Waals surface area (Å²) in [6.45, 7) is 0. The Balaban J connectivity index is 2.10. The zero-order valence-corrected chi connectivity index (χ0v) is 10.2. The van der Waals surface area contributed by atoms with Crippen LogP contribution in [-0.2, 0) is 12.8 Å². The van der Waals surface area contributed by atoms with E-state index in [-0.39, 0.29) is 5.56 Å². The lowest BCUT2D eigenvalue weighted by Crippen LogP contribution is -2.27. The normalized spacial score (nSPS) is 10.4. The first-order valence-electron chi connectivity index (χ1n) is 5.13. The molecule has 0 saturated carbocycles. The molecule has 0 spiro atoms. The van der Waals surface area contributed by atoms with Gasteiger partial charge in [0.05, 0.1) is 0 Å². The van der Waals surface area contributed by atoms with Crippen LogP contribution in [0.1, 0.15) is 5.56 Å². The molecule has 0 radical (unpaired) electrons. The first kappa shape index (κ1) is 11.7. The maximum absolute atomic E-state index is 11.4. The van der Waals surface area contributed by atoms with Crippen molar-refractivity contribution in [3.63, 3.8) is 0 Å². The van der Waals surface area contributed by atoms with Gasteiger partial charge in [0.1, 0.15) is 0 Å². The molecule has 2 aromatic rings. The number of aromatic nitrogens is 2. The molecule has 0 saturated heterocycles. The zero-order valence-electron chi connectivity index (χ0n) is 9.37. The van der Waals surface area contributed by atoms with E-state index in [0.29, 0.717) is 10.8 Å². The van der Waals surface area contributed by atoms with Crippen molar-refractivity contribution in [3.8, 4) is 0 Å². The molecule has 0 amide bonds. The lowest BCUT2D eigenvalue weighted by Gasteiger charge is -2.03. The van der Waals surface area contributed by atoms with Crippen LogP contribution < -0.4 is 10.3 Å². The smallest absolute Gasteiger partial charge is 0.251 e. The number of hydrogen-bond donors (Lipinski definition) is 0. The van der Waals surface area contributed by atoms with Gasteiger partial charge in [0.15, 0.2) is 6.20 Å². The summed E-state index contributed by atoms with van der Waals surface area (Å²) in [4.78, 5) is 11.4. The van der Waals surface area contributed by atoms with Crippen molar-refractivity contribution in [3.05, 3.63) is 63.9 Å². The SMILES string of the molecule is Cn1ccc(CSc2cccc[n+]2[O-])cc1=O. The van der Waals surface area contributed by atoms with Crippen molar-refractivity contribution in [2.75, 3.05) is 0 Å². The van der Waals surface area contributed by atoms with Crippen LogP contribution in [0.15, 0.2) is 52.5 Å². The first-order chi connectivity index (χ1) is 8.16. The largest absolute Gasteiger partial charge is 0.618 e. The second kappa shape index (κ2) is 5.05. The van der Waals surface area contributed by atoms with Crippen LogP contribution >= 0.6 is 11.8 Å². The molecule has 0 unspecified atom stereocenters. The van der Waals surface area contributed by atoms with Gasteiger partial charge in [-0.3, -0.25) is 4.79 Å². The third-order valence-corrected chi connectivity index (χ3v) is 3.43. The van der Waals surface area contributed by atoms with Gasteiger partial charge in [0, 0.05) is 37.2 Å². The minimum absolute atomic E-state index is 0.0360. The van der Waals surface area contributed by atoms with E-state index in [2.05, 4.69) is 0 Å². The molecule has 0 aromatic carbocycles. The summed E-state index contributed by atoms with van der Waals surface area (Å²) in [5.74, 6) is 0.613. The fourth-order valence-corrected chi connectivity index (χ4v) is 2.22. The predicted molar refractivity (Wildman–Crippen MR) is 66.6 cm³/mol. The number of hydrogen-bond acceptors (Lipinski definition) is 3. The first-order valence-corrected chi connectivity index (χ1v) is 6.12. The fraction of sp³-hybridized carbons (Fsp3) is 0.167. The van der Waals surface area contributed by atoms with E-state index >= 15 is 0 Å². The summed E-state index contributed by atoms with van der Waals surface area (Å²) >= 11 is 1.42. The van der Waals surface area contributed by atoms with Gasteiger partial charge >= 0.3 is 0 Å². The second-order valence-corrected chi connectivity index (χ2v) is 4.63. The summed E-state index contributed by atoms with van der Waals surface area (Å²) in [7, 11) is 1.71. The minimum Gasteiger partial charge on any atom is -0.618 e. The molecule has 0 bridgehead atoms. The Morgan fingerprint density at radius 3 is 2.94 bits per heavy atom. The molecule has 2 rings (SSSR count). The Morgan fingerprint density at radius 1 is 1.41 bits per heavy atom. The highest BCUT2D eigenvalue weighted by atomic mass is 32.2. The standard InChI is InChI=1S/C12H12N2O2S/c1-13-7-5-10(8-11(13)15)9-17-12-4-2-3-6-14(12)16/h2-8H,9H2,1H3. The molecule has 0 aliphatic carbocycles. The van der Waals surface area contributed by atoms with Gasteiger partial charge in [0.25, 0.3) is 10.6 Å². The van der Waals surface area contributed by atoms with E-state index < -0.39 is 0 Å². The highest BCUT2D eigenvalue weighted by Gasteiger charge is 2.05. The topological polar surface area (TPSA) is 48.9 Å². The molecule has 5 heteroatoms. The highest BCUT2D eigenvalue weighted by Crippen LogP contribution is 2.17. The Hall–Kier alpha value is -1.75. The van der Waals surface area contributed by atoms with Crippen molar-refractivity contribution in [2.24, 2.45) is 7.05 Å². The van der Waals surface area contributed by atoms with Gasteiger partial charge in [-0.15, -0.1) is 0 Å². The van der Waals surface area contributed by atoms with Crippen LogP contribution in [-0.4, -0.2) is 4.57 Å². The van der Waals surface area contributed by atoms with Gasteiger partial charge in [-0.1, -0.05) is 11.8 Å². The monoisotopic (exact) mass is 248 g/mol. The number of rotatable bonds is 3. The van der Waals surface area contributed by atoms with Gasteiger partial charge in [0.2, 0.25) is 0 Å². The average molecular weight is 248 g/mol. The number of thioether (sulfide) groups is 1. The number of aryl methyl sites for hydroxylation is 1. The van der Waals surface area contributed by atoms with Crippen molar-refractivity contribution in [2.45, 2.75) is 10.8 Å². The van der Waals surface area contributed by atoms with Gasteiger partial charge in [-0.25, -0.2) is 0 Å². The van der Waals surface area contributed by atoms with Crippen molar-refractivity contribution >= 4 is 11.8 Å². The molecule has 0 aliphatic heterocycles. The van der Waals surface area contributed by atoms with Crippen LogP contribution in [0.25, 0.3) is 0 Å². The van der Waals surface area contributed by atoms with Gasteiger partial charge in [-0.05, 0) is 17.7 Å². The fourth-order valence-electron chi connectivity index (χ4n) is 1.36. The molecule has 17 heavy (non-hydrogen) atoms. The van der Waals surface area contributed by atoms with Crippen molar-refractivity contribution in [1.82, 2.24) is 4.57 Å². The predicted octanol–water partition coefficient (Wildman–Crippen LogP) is 1.31. The van der Waals surface area contributed by atoms with Crippen molar-refractivity contribution in [1.29, 1.82) is 0 Å². The average Bonchev–Trinajstić information content (AvgIpc) is 2.32. The van der Waals surface area contributed by atoms with Crippen LogP contribution in [0.4, 0.5) is 0 Å². The molecular formula is C12H12N2O2S. The maximum Gasteiger partial charge on any atom is 0.251 e. The minimum atomic E-state index is -0.0360. The van der Waals surface area contributed by atoms with Gasteiger partial charge < -0.3 is 9.77 Å².